The first kappa shape index (κ1) is 20.7. The van der Waals surface area contributed by atoms with E-state index in [9.17, 15) is 9.59 Å². The molecule has 2 amide bonds. The van der Waals surface area contributed by atoms with Gasteiger partial charge in [-0.1, -0.05) is 47.5 Å². The number of ether oxygens (including phenoxy) is 1. The Hall–Kier alpha value is -2.04. The third kappa shape index (κ3) is 4.86. The zero-order valence-corrected chi connectivity index (χ0v) is 17.7. The highest BCUT2D eigenvalue weighted by Gasteiger charge is 2.38. The molecule has 0 saturated carbocycles. The summed E-state index contributed by atoms with van der Waals surface area (Å²) in [5.41, 5.74) is 2.23. The number of hydrogen-bond donors (Lipinski definition) is 0. The first-order valence-electron chi connectivity index (χ1n) is 9.23. The maximum Gasteiger partial charge on any atom is 0.417 e. The summed E-state index contributed by atoms with van der Waals surface area (Å²) in [6.07, 6.45) is 1.02. The van der Waals surface area contributed by atoms with Crippen LogP contribution >= 0.6 is 23.2 Å². The minimum Gasteiger partial charge on any atom is -0.443 e. The Morgan fingerprint density at radius 2 is 1.82 bits per heavy atom. The SMILES string of the molecule is CC(C)(C)OC(=O)N1C(=O)CC[C@H]1Cc1ccc(-c2cc(Cl)ccc2Cl)cc1. The summed E-state index contributed by atoms with van der Waals surface area (Å²) in [6.45, 7) is 5.38. The molecule has 148 valence electrons. The van der Waals surface area contributed by atoms with Crippen molar-refractivity contribution >= 4 is 35.2 Å². The summed E-state index contributed by atoms with van der Waals surface area (Å²) < 4.78 is 5.40. The van der Waals surface area contributed by atoms with Gasteiger partial charge < -0.3 is 4.74 Å². The number of carbonyl (C=O) groups is 2. The van der Waals surface area contributed by atoms with Crippen LogP contribution in [0.2, 0.25) is 10.0 Å². The van der Waals surface area contributed by atoms with Crippen molar-refractivity contribution in [1.29, 1.82) is 0 Å². The molecule has 1 atom stereocenters. The number of hydrogen-bond acceptors (Lipinski definition) is 3. The van der Waals surface area contributed by atoms with Crippen molar-refractivity contribution in [2.75, 3.05) is 0 Å². The molecular formula is C22H23Cl2NO3. The maximum atomic E-state index is 12.4. The van der Waals surface area contributed by atoms with Gasteiger partial charge in [0, 0.05) is 28.1 Å². The second-order valence-electron chi connectivity index (χ2n) is 7.96. The molecule has 1 saturated heterocycles. The number of halogens is 2. The molecule has 2 aromatic rings. The van der Waals surface area contributed by atoms with Crippen molar-refractivity contribution in [2.45, 2.75) is 51.7 Å². The minimum atomic E-state index is -0.637. The van der Waals surface area contributed by atoms with Crippen LogP contribution in [0.5, 0.6) is 0 Å². The van der Waals surface area contributed by atoms with Crippen molar-refractivity contribution in [3.63, 3.8) is 0 Å². The molecule has 28 heavy (non-hydrogen) atoms. The van der Waals surface area contributed by atoms with Crippen molar-refractivity contribution < 1.29 is 14.3 Å². The van der Waals surface area contributed by atoms with Crippen molar-refractivity contribution in [2.24, 2.45) is 0 Å². The number of amides is 2. The minimum absolute atomic E-state index is 0.179. The summed E-state index contributed by atoms with van der Waals surface area (Å²) in [4.78, 5) is 25.9. The summed E-state index contributed by atoms with van der Waals surface area (Å²) in [5, 5.41) is 1.26. The molecule has 0 radical (unpaired) electrons. The van der Waals surface area contributed by atoms with Gasteiger partial charge in [0.05, 0.1) is 0 Å². The van der Waals surface area contributed by atoms with E-state index >= 15 is 0 Å². The van der Waals surface area contributed by atoms with Crippen molar-refractivity contribution in [3.05, 3.63) is 58.1 Å². The lowest BCUT2D eigenvalue weighted by molar-refractivity contribution is -0.128. The van der Waals surface area contributed by atoms with E-state index < -0.39 is 11.7 Å². The Balaban J connectivity index is 1.75. The third-order valence-corrected chi connectivity index (χ3v) is 5.14. The van der Waals surface area contributed by atoms with Crippen LogP contribution in [0.3, 0.4) is 0 Å². The predicted molar refractivity (Wildman–Crippen MR) is 112 cm³/mol. The largest absolute Gasteiger partial charge is 0.443 e. The van der Waals surface area contributed by atoms with Crippen LogP contribution in [-0.4, -0.2) is 28.5 Å². The van der Waals surface area contributed by atoms with Crippen LogP contribution < -0.4 is 0 Å². The van der Waals surface area contributed by atoms with E-state index in [1.54, 1.807) is 32.9 Å². The van der Waals surface area contributed by atoms with Crippen LogP contribution in [0.1, 0.15) is 39.2 Å². The predicted octanol–water partition coefficient (Wildman–Crippen LogP) is 6.13. The van der Waals surface area contributed by atoms with Gasteiger partial charge in [0.25, 0.3) is 0 Å². The average molecular weight is 420 g/mol. The Labute approximate surface area is 175 Å². The molecular weight excluding hydrogens is 397 g/mol. The molecule has 0 bridgehead atoms. The molecule has 0 spiro atoms. The molecule has 1 fully saturated rings. The Kier molecular flexibility index (Phi) is 6.01. The lowest BCUT2D eigenvalue weighted by Crippen LogP contribution is -2.43. The number of rotatable bonds is 3. The average Bonchev–Trinajstić information content (AvgIpc) is 2.97. The molecule has 4 nitrogen and oxygen atoms in total. The number of likely N-dealkylation sites (tertiary alicyclic amines) is 1. The van der Waals surface area contributed by atoms with Crippen LogP contribution in [0.15, 0.2) is 42.5 Å². The topological polar surface area (TPSA) is 46.6 Å². The highest BCUT2D eigenvalue weighted by molar-refractivity contribution is 6.35. The zero-order chi connectivity index (χ0) is 20.5. The number of nitrogens with zero attached hydrogens (tertiary/aromatic N) is 1. The van der Waals surface area contributed by atoms with Crippen LogP contribution in [0, 0.1) is 0 Å². The van der Waals surface area contributed by atoms with E-state index in [2.05, 4.69) is 0 Å². The van der Waals surface area contributed by atoms with Gasteiger partial charge in [0.2, 0.25) is 5.91 Å². The van der Waals surface area contributed by atoms with Gasteiger partial charge in [-0.2, -0.15) is 0 Å². The third-order valence-electron chi connectivity index (χ3n) is 4.58. The van der Waals surface area contributed by atoms with Gasteiger partial charge in [-0.05, 0) is 62.9 Å². The van der Waals surface area contributed by atoms with Crippen LogP contribution in [-0.2, 0) is 16.0 Å². The van der Waals surface area contributed by atoms with E-state index in [0.29, 0.717) is 29.3 Å². The molecule has 1 aliphatic heterocycles. The second-order valence-corrected chi connectivity index (χ2v) is 8.81. The molecule has 1 heterocycles. The van der Waals surface area contributed by atoms with E-state index in [4.69, 9.17) is 27.9 Å². The zero-order valence-electron chi connectivity index (χ0n) is 16.2. The van der Waals surface area contributed by atoms with Gasteiger partial charge in [-0.25, -0.2) is 9.69 Å². The smallest absolute Gasteiger partial charge is 0.417 e. The van der Waals surface area contributed by atoms with E-state index in [-0.39, 0.29) is 11.9 Å². The number of imide groups is 1. The monoisotopic (exact) mass is 419 g/mol. The second kappa shape index (κ2) is 8.14. The normalized spacial score (nSPS) is 17.1. The van der Waals surface area contributed by atoms with Crippen LogP contribution in [0.25, 0.3) is 11.1 Å². The van der Waals surface area contributed by atoms with Gasteiger partial charge in [-0.3, -0.25) is 4.79 Å². The van der Waals surface area contributed by atoms with E-state index in [1.807, 2.05) is 30.3 Å². The van der Waals surface area contributed by atoms with Gasteiger partial charge in [0.1, 0.15) is 5.60 Å². The Bertz CT molecular complexity index is 888. The quantitative estimate of drug-likeness (QED) is 0.600. The number of carbonyl (C=O) groups excluding carboxylic acids is 2. The summed E-state index contributed by atoms with van der Waals surface area (Å²) in [6, 6.07) is 13.1. The fourth-order valence-electron chi connectivity index (χ4n) is 3.31. The molecule has 2 aromatic carbocycles. The highest BCUT2D eigenvalue weighted by atomic mass is 35.5. The molecule has 0 aliphatic carbocycles. The van der Waals surface area contributed by atoms with Gasteiger partial charge in [0.15, 0.2) is 0 Å². The van der Waals surface area contributed by atoms with Crippen molar-refractivity contribution in [1.82, 2.24) is 4.90 Å². The van der Waals surface area contributed by atoms with Gasteiger partial charge >= 0.3 is 6.09 Å². The lowest BCUT2D eigenvalue weighted by Gasteiger charge is -2.27. The Morgan fingerprint density at radius 1 is 1.14 bits per heavy atom. The standard InChI is InChI=1S/C22H23Cl2NO3/c1-22(2,3)28-21(27)25-17(9-11-20(25)26)12-14-4-6-15(7-5-14)18-13-16(23)8-10-19(18)24/h4-8,10,13,17H,9,11-12H2,1-3H3/t17-/m0/s1. The summed E-state index contributed by atoms with van der Waals surface area (Å²) in [5.74, 6) is -0.179. The fraction of sp³-hybridized carbons (Fsp3) is 0.364. The molecule has 6 heteroatoms. The van der Waals surface area contributed by atoms with Crippen LogP contribution in [0.4, 0.5) is 4.79 Å². The van der Waals surface area contributed by atoms with Gasteiger partial charge in [-0.15, -0.1) is 0 Å². The molecule has 1 aliphatic rings. The molecule has 0 N–H and O–H groups in total. The lowest BCUT2D eigenvalue weighted by atomic mass is 9.99. The summed E-state index contributed by atoms with van der Waals surface area (Å²) >= 11 is 12.4. The first-order valence-corrected chi connectivity index (χ1v) is 9.99. The van der Waals surface area contributed by atoms with Crippen molar-refractivity contribution in [3.8, 4) is 11.1 Å². The van der Waals surface area contributed by atoms with E-state index in [0.717, 1.165) is 16.7 Å². The molecule has 0 aromatic heterocycles. The maximum absolute atomic E-state index is 12.4. The first-order chi connectivity index (χ1) is 13.1. The molecule has 0 unspecified atom stereocenters. The summed E-state index contributed by atoms with van der Waals surface area (Å²) in [7, 11) is 0. The molecule has 3 rings (SSSR count). The number of benzene rings is 2. The highest BCUT2D eigenvalue weighted by Crippen LogP contribution is 2.31. The van der Waals surface area contributed by atoms with E-state index in [1.165, 1.54) is 4.90 Å². The Morgan fingerprint density at radius 3 is 2.46 bits per heavy atom. The fourth-order valence-corrected chi connectivity index (χ4v) is 3.71.